The zero-order valence-corrected chi connectivity index (χ0v) is 29.3. The second-order valence-corrected chi connectivity index (χ2v) is 14.6. The zero-order valence-electron chi connectivity index (χ0n) is 27.7. The van der Waals surface area contributed by atoms with Gasteiger partial charge < -0.3 is 20.1 Å². The van der Waals surface area contributed by atoms with Crippen molar-refractivity contribution in [3.8, 4) is 0 Å². The van der Waals surface area contributed by atoms with Gasteiger partial charge in [0, 0.05) is 11.4 Å². The molecule has 0 aliphatic rings. The minimum Gasteiger partial charge on any atom is -0.462 e. The Morgan fingerprint density at radius 3 is 1.31 bits per heavy atom. The van der Waals surface area contributed by atoms with Gasteiger partial charge in [0.25, 0.3) is 20.0 Å². The van der Waals surface area contributed by atoms with E-state index in [-0.39, 0.29) is 45.5 Å². The van der Waals surface area contributed by atoms with Crippen molar-refractivity contribution in [1.82, 2.24) is 9.44 Å². The van der Waals surface area contributed by atoms with Crippen LogP contribution in [0.4, 0.5) is 21.0 Å². The smallest absolute Gasteiger partial charge is 0.338 e. The van der Waals surface area contributed by atoms with Crippen LogP contribution in [0.15, 0.2) is 107 Å². The maximum atomic E-state index is 12.5. The molecule has 268 valence electrons. The highest BCUT2D eigenvalue weighted by molar-refractivity contribution is 7.90. The number of amides is 4. The minimum absolute atomic E-state index is 0.0638. The Labute approximate surface area is 295 Å². The molecule has 0 fully saturated rings. The summed E-state index contributed by atoms with van der Waals surface area (Å²) in [5.41, 5.74) is 2.07. The molecule has 0 aliphatic carbocycles. The number of carbonyl (C=O) groups excluding carboxylic acids is 4. The number of carbonyl (C=O) groups is 4. The highest BCUT2D eigenvalue weighted by Crippen LogP contribution is 2.16. The second-order valence-electron chi connectivity index (χ2n) is 11.2. The first-order chi connectivity index (χ1) is 24.2. The molecule has 14 nitrogen and oxygen atoms in total. The lowest BCUT2D eigenvalue weighted by atomic mass is 10.2. The highest BCUT2D eigenvalue weighted by Gasteiger charge is 2.20. The minimum atomic E-state index is -4.10. The standard InChI is InChI=1S/C35H36N4O10S2/c1-24-10-6-16-30(20-24)50(44,45)38-34(42)36-28-14-8-12-26(22-28)32(40)48-18-4-3-5-19-49-33(41)27-13-9-15-29(23-27)37-35(43)39-51(46,47)31-17-7-11-25(2)21-31/h6-17,20-23H,3-5,18-19H2,1-2H3,(H2,36,38,42)(H2,37,39,43). The number of hydrogen-bond donors (Lipinski definition) is 4. The molecule has 0 spiro atoms. The lowest BCUT2D eigenvalue weighted by Crippen LogP contribution is -2.34. The fraction of sp³-hybridized carbons (Fsp3) is 0.200. The Kier molecular flexibility index (Phi) is 12.9. The van der Waals surface area contributed by atoms with Gasteiger partial charge >= 0.3 is 24.0 Å². The average Bonchev–Trinajstić information content (AvgIpc) is 3.07. The van der Waals surface area contributed by atoms with Crippen LogP contribution in [-0.4, -0.2) is 54.1 Å². The lowest BCUT2D eigenvalue weighted by molar-refractivity contribution is 0.0477. The van der Waals surface area contributed by atoms with Gasteiger partial charge in [0.15, 0.2) is 0 Å². The molecule has 4 amide bonds. The Morgan fingerprint density at radius 2 is 0.922 bits per heavy atom. The Morgan fingerprint density at radius 1 is 0.529 bits per heavy atom. The molecule has 0 bridgehead atoms. The molecular weight excluding hydrogens is 701 g/mol. The summed E-state index contributed by atoms with van der Waals surface area (Å²) >= 11 is 0. The number of aryl methyl sites for hydroxylation is 2. The third-order valence-electron chi connectivity index (χ3n) is 7.02. The zero-order chi connectivity index (χ0) is 37.0. The molecule has 4 aromatic carbocycles. The quantitative estimate of drug-likeness (QED) is 0.0945. The van der Waals surface area contributed by atoms with Crippen molar-refractivity contribution in [3.63, 3.8) is 0 Å². The molecule has 4 aromatic rings. The Hall–Kier alpha value is -5.74. The molecule has 0 aliphatic heterocycles. The van der Waals surface area contributed by atoms with Gasteiger partial charge in [0.05, 0.1) is 34.1 Å². The van der Waals surface area contributed by atoms with E-state index in [1.54, 1.807) is 38.1 Å². The Balaban J connectivity index is 1.15. The van der Waals surface area contributed by atoms with E-state index in [2.05, 4.69) is 10.6 Å². The lowest BCUT2D eigenvalue weighted by Gasteiger charge is -2.11. The number of anilines is 2. The summed E-state index contributed by atoms with van der Waals surface area (Å²) < 4.78 is 64.4. The first-order valence-electron chi connectivity index (χ1n) is 15.6. The number of sulfonamides is 2. The van der Waals surface area contributed by atoms with Crippen LogP contribution >= 0.6 is 0 Å². The third-order valence-corrected chi connectivity index (χ3v) is 9.68. The molecule has 0 unspecified atom stereocenters. The summed E-state index contributed by atoms with van der Waals surface area (Å²) in [6, 6.07) is 21.8. The second kappa shape index (κ2) is 17.3. The van der Waals surface area contributed by atoms with E-state index in [9.17, 15) is 36.0 Å². The van der Waals surface area contributed by atoms with Crippen molar-refractivity contribution in [3.05, 3.63) is 119 Å². The predicted molar refractivity (Wildman–Crippen MR) is 188 cm³/mol. The Bertz CT molecular complexity index is 1990. The maximum absolute atomic E-state index is 12.5. The highest BCUT2D eigenvalue weighted by atomic mass is 32.2. The molecule has 0 radical (unpaired) electrons. The van der Waals surface area contributed by atoms with Gasteiger partial charge in [0.2, 0.25) is 0 Å². The van der Waals surface area contributed by atoms with Crippen molar-refractivity contribution in [2.24, 2.45) is 0 Å². The summed E-state index contributed by atoms with van der Waals surface area (Å²) in [6.45, 7) is 3.61. The molecule has 0 atom stereocenters. The van der Waals surface area contributed by atoms with Gasteiger partial charge in [-0.3, -0.25) is 0 Å². The van der Waals surface area contributed by atoms with Crippen LogP contribution in [0.5, 0.6) is 0 Å². The molecule has 0 aromatic heterocycles. The number of esters is 2. The summed E-state index contributed by atoms with van der Waals surface area (Å²) in [5.74, 6) is -1.29. The van der Waals surface area contributed by atoms with Crippen molar-refractivity contribution >= 4 is 55.4 Å². The summed E-state index contributed by atoms with van der Waals surface area (Å²) in [5, 5.41) is 4.79. The normalized spacial score (nSPS) is 11.2. The van der Waals surface area contributed by atoms with Gasteiger partial charge in [-0.15, -0.1) is 0 Å². The molecular formula is C35H36N4O10S2. The van der Waals surface area contributed by atoms with E-state index in [0.29, 0.717) is 30.4 Å². The van der Waals surface area contributed by atoms with Crippen molar-refractivity contribution in [2.45, 2.75) is 42.9 Å². The van der Waals surface area contributed by atoms with E-state index >= 15 is 0 Å². The number of unbranched alkanes of at least 4 members (excludes halogenated alkanes) is 2. The number of ether oxygens (including phenoxy) is 2. The van der Waals surface area contributed by atoms with Gasteiger partial charge in [-0.05, 0) is 105 Å². The van der Waals surface area contributed by atoms with E-state index in [4.69, 9.17) is 9.47 Å². The number of benzene rings is 4. The number of nitrogens with one attached hydrogen (secondary N) is 4. The van der Waals surface area contributed by atoms with Gasteiger partial charge in [-0.25, -0.2) is 45.5 Å². The first-order valence-corrected chi connectivity index (χ1v) is 18.5. The average molecular weight is 737 g/mol. The van der Waals surface area contributed by atoms with E-state index < -0.39 is 44.0 Å². The number of rotatable bonds is 14. The SMILES string of the molecule is Cc1cccc(S(=O)(=O)NC(=O)Nc2cccc(C(=O)OCCCCCOC(=O)c3cccc(NC(=O)NS(=O)(=O)c4cccc(C)c4)c3)c2)c1. The monoisotopic (exact) mass is 736 g/mol. The van der Waals surface area contributed by atoms with Crippen LogP contribution < -0.4 is 20.1 Å². The topological polar surface area (TPSA) is 203 Å². The largest absolute Gasteiger partial charge is 0.462 e. The van der Waals surface area contributed by atoms with Gasteiger partial charge in [0.1, 0.15) is 0 Å². The fourth-order valence-electron chi connectivity index (χ4n) is 4.57. The summed E-state index contributed by atoms with van der Waals surface area (Å²) in [7, 11) is -8.21. The van der Waals surface area contributed by atoms with E-state index in [1.807, 2.05) is 9.44 Å². The van der Waals surface area contributed by atoms with Crippen LogP contribution in [0.25, 0.3) is 0 Å². The van der Waals surface area contributed by atoms with Crippen LogP contribution in [0.1, 0.15) is 51.1 Å². The van der Waals surface area contributed by atoms with E-state index in [1.165, 1.54) is 72.8 Å². The molecule has 51 heavy (non-hydrogen) atoms. The number of hydrogen-bond acceptors (Lipinski definition) is 10. The first kappa shape index (κ1) is 38.1. The molecule has 0 heterocycles. The van der Waals surface area contributed by atoms with Gasteiger partial charge in [-0.2, -0.15) is 0 Å². The fourth-order valence-corrected chi connectivity index (χ4v) is 6.59. The maximum Gasteiger partial charge on any atom is 0.338 e. The molecule has 4 rings (SSSR count). The van der Waals surface area contributed by atoms with Crippen LogP contribution in [0, 0.1) is 13.8 Å². The summed E-state index contributed by atoms with van der Waals surface area (Å²) in [6.07, 6.45) is 1.51. The van der Waals surface area contributed by atoms with Crippen molar-refractivity contribution < 1.29 is 45.5 Å². The third kappa shape index (κ3) is 11.7. The van der Waals surface area contributed by atoms with Crippen LogP contribution in [-0.2, 0) is 29.5 Å². The van der Waals surface area contributed by atoms with Gasteiger partial charge in [-0.1, -0.05) is 36.4 Å². The summed E-state index contributed by atoms with van der Waals surface area (Å²) in [4.78, 5) is 49.6. The number of urea groups is 2. The molecule has 0 saturated carbocycles. The molecule has 16 heteroatoms. The molecule has 0 saturated heterocycles. The molecule has 4 N–H and O–H groups in total. The predicted octanol–water partition coefficient (Wildman–Crippen LogP) is 5.51. The van der Waals surface area contributed by atoms with E-state index in [0.717, 1.165) is 0 Å². The van der Waals surface area contributed by atoms with Crippen LogP contribution in [0.2, 0.25) is 0 Å². The van der Waals surface area contributed by atoms with Crippen LogP contribution in [0.3, 0.4) is 0 Å². The van der Waals surface area contributed by atoms with Crippen molar-refractivity contribution in [1.29, 1.82) is 0 Å². The van der Waals surface area contributed by atoms with Crippen molar-refractivity contribution in [2.75, 3.05) is 23.8 Å².